The van der Waals surface area contributed by atoms with E-state index in [1.807, 2.05) is 0 Å². The van der Waals surface area contributed by atoms with E-state index in [0.29, 0.717) is 5.92 Å². The van der Waals surface area contributed by atoms with Gasteiger partial charge < -0.3 is 10.2 Å². The summed E-state index contributed by atoms with van der Waals surface area (Å²) in [6, 6.07) is 2.14. The minimum atomic E-state index is 0.370. The van der Waals surface area contributed by atoms with Gasteiger partial charge in [0.1, 0.15) is 17.5 Å². The molecule has 0 bridgehead atoms. The van der Waals surface area contributed by atoms with E-state index in [-0.39, 0.29) is 0 Å². The van der Waals surface area contributed by atoms with Crippen molar-refractivity contribution in [1.29, 1.82) is 0 Å². The van der Waals surface area contributed by atoms with Crippen molar-refractivity contribution in [3.8, 4) is 0 Å². The zero-order chi connectivity index (χ0) is 14.8. The van der Waals surface area contributed by atoms with Crippen LogP contribution in [-0.2, 0) is 0 Å². The lowest BCUT2D eigenvalue weighted by Gasteiger charge is -2.20. The average Bonchev–Trinajstić information content (AvgIpc) is 3.05. The van der Waals surface area contributed by atoms with Crippen molar-refractivity contribution in [3.05, 3.63) is 11.9 Å². The average molecular weight is 288 g/mol. The maximum absolute atomic E-state index is 4.83. The minimum Gasteiger partial charge on any atom is -0.370 e. The summed E-state index contributed by atoms with van der Waals surface area (Å²) in [7, 11) is 0. The first-order chi connectivity index (χ1) is 10.2. The molecule has 0 aromatic carbocycles. The number of rotatable bonds is 5. The van der Waals surface area contributed by atoms with E-state index in [1.54, 1.807) is 0 Å². The first-order valence-electron chi connectivity index (χ1n) is 8.55. The van der Waals surface area contributed by atoms with Gasteiger partial charge in [-0.2, -0.15) is 0 Å². The highest BCUT2D eigenvalue weighted by Crippen LogP contribution is 2.39. The highest BCUT2D eigenvalue weighted by molar-refractivity contribution is 5.50. The van der Waals surface area contributed by atoms with Gasteiger partial charge in [0.05, 0.1) is 0 Å². The van der Waals surface area contributed by atoms with E-state index in [4.69, 9.17) is 4.98 Å². The summed E-state index contributed by atoms with van der Waals surface area (Å²) in [5, 5.41) is 3.43. The number of hydrogen-bond donors (Lipinski definition) is 1. The van der Waals surface area contributed by atoms with Crippen molar-refractivity contribution in [3.63, 3.8) is 0 Å². The predicted octanol–water partition coefficient (Wildman–Crippen LogP) is 3.66. The maximum Gasteiger partial charge on any atom is 0.135 e. The summed E-state index contributed by atoms with van der Waals surface area (Å²) >= 11 is 0. The predicted molar refractivity (Wildman–Crippen MR) is 87.9 cm³/mol. The highest BCUT2D eigenvalue weighted by Gasteiger charge is 2.36. The van der Waals surface area contributed by atoms with Gasteiger partial charge in [0.15, 0.2) is 0 Å². The van der Waals surface area contributed by atoms with Crippen LogP contribution in [0.5, 0.6) is 0 Å². The van der Waals surface area contributed by atoms with Crippen LogP contribution in [0.1, 0.15) is 58.2 Å². The van der Waals surface area contributed by atoms with Gasteiger partial charge in [-0.25, -0.2) is 9.97 Å². The molecule has 0 amide bonds. The molecule has 2 fully saturated rings. The lowest BCUT2D eigenvalue weighted by atomic mass is 10.0. The third-order valence-electron chi connectivity index (χ3n) is 4.85. The molecule has 116 valence electrons. The number of nitrogens with one attached hydrogen (secondary N) is 1. The Balaban J connectivity index is 1.81. The second kappa shape index (κ2) is 6.20. The molecule has 2 aliphatic rings. The van der Waals surface area contributed by atoms with Crippen molar-refractivity contribution in [1.82, 2.24) is 9.97 Å². The van der Waals surface area contributed by atoms with Crippen LogP contribution in [0.2, 0.25) is 0 Å². The first-order valence-corrected chi connectivity index (χ1v) is 8.55. The summed E-state index contributed by atoms with van der Waals surface area (Å²) < 4.78 is 0. The van der Waals surface area contributed by atoms with Crippen LogP contribution in [0.15, 0.2) is 6.07 Å². The minimum absolute atomic E-state index is 0.370. The van der Waals surface area contributed by atoms with E-state index >= 15 is 0 Å². The topological polar surface area (TPSA) is 41.0 Å². The maximum atomic E-state index is 4.83. The van der Waals surface area contributed by atoms with Gasteiger partial charge in [-0.1, -0.05) is 27.2 Å². The molecule has 1 N–H and O–H groups in total. The molecule has 1 aromatic rings. The van der Waals surface area contributed by atoms with Crippen molar-refractivity contribution >= 4 is 11.6 Å². The highest BCUT2D eigenvalue weighted by atomic mass is 15.2. The molecule has 1 saturated heterocycles. The standard InChI is InChI=1S/C17H28N4/c1-4-8-18-15-9-16(20-17(19-15)12(2)3)21-10-13-6-5-7-14(13)11-21/h9,12-14H,4-8,10-11H2,1-3H3,(H,18,19,20). The van der Waals surface area contributed by atoms with Gasteiger partial charge >= 0.3 is 0 Å². The Bertz CT molecular complexity index is 474. The molecule has 4 nitrogen and oxygen atoms in total. The number of nitrogens with zero attached hydrogens (tertiary/aromatic N) is 3. The number of fused-ring (bicyclic) bond motifs is 1. The Kier molecular flexibility index (Phi) is 4.32. The zero-order valence-electron chi connectivity index (χ0n) is 13.6. The number of anilines is 2. The normalized spacial score (nSPS) is 24.7. The summed E-state index contributed by atoms with van der Waals surface area (Å²) in [6.07, 6.45) is 5.35. The van der Waals surface area contributed by atoms with Gasteiger partial charge in [0, 0.05) is 31.6 Å². The molecule has 1 saturated carbocycles. The molecular formula is C17H28N4. The van der Waals surface area contributed by atoms with Crippen molar-refractivity contribution in [2.24, 2.45) is 11.8 Å². The van der Waals surface area contributed by atoms with Gasteiger partial charge in [0.25, 0.3) is 0 Å². The van der Waals surface area contributed by atoms with Crippen LogP contribution in [0.3, 0.4) is 0 Å². The van der Waals surface area contributed by atoms with E-state index < -0.39 is 0 Å². The fraction of sp³-hybridized carbons (Fsp3) is 0.765. The first kappa shape index (κ1) is 14.6. The second-order valence-electron chi connectivity index (χ2n) is 6.91. The summed E-state index contributed by atoms with van der Waals surface area (Å²) in [5.74, 6) is 5.24. The van der Waals surface area contributed by atoms with Crippen LogP contribution < -0.4 is 10.2 Å². The van der Waals surface area contributed by atoms with E-state index in [9.17, 15) is 0 Å². The summed E-state index contributed by atoms with van der Waals surface area (Å²) in [6.45, 7) is 9.86. The van der Waals surface area contributed by atoms with Crippen LogP contribution in [0.4, 0.5) is 11.6 Å². The summed E-state index contributed by atoms with van der Waals surface area (Å²) in [5.41, 5.74) is 0. The molecule has 1 aliphatic heterocycles. The van der Waals surface area contributed by atoms with E-state index in [0.717, 1.165) is 42.3 Å². The van der Waals surface area contributed by atoms with Crippen LogP contribution >= 0.6 is 0 Å². The van der Waals surface area contributed by atoms with Gasteiger partial charge in [-0.3, -0.25) is 0 Å². The smallest absolute Gasteiger partial charge is 0.135 e. The quantitative estimate of drug-likeness (QED) is 0.897. The molecule has 3 rings (SSSR count). The molecule has 4 heteroatoms. The Labute approximate surface area is 128 Å². The molecule has 2 heterocycles. The zero-order valence-corrected chi connectivity index (χ0v) is 13.6. The molecular weight excluding hydrogens is 260 g/mol. The molecule has 1 aliphatic carbocycles. The van der Waals surface area contributed by atoms with Crippen LogP contribution in [0.25, 0.3) is 0 Å². The lowest BCUT2D eigenvalue weighted by Crippen LogP contribution is -2.23. The second-order valence-corrected chi connectivity index (χ2v) is 6.91. The molecule has 2 atom stereocenters. The fourth-order valence-corrected chi connectivity index (χ4v) is 3.64. The van der Waals surface area contributed by atoms with Crippen molar-refractivity contribution < 1.29 is 0 Å². The lowest BCUT2D eigenvalue weighted by molar-refractivity contribution is 0.494. The molecule has 2 unspecified atom stereocenters. The van der Waals surface area contributed by atoms with E-state index in [2.05, 4.69) is 42.0 Å². The van der Waals surface area contributed by atoms with Gasteiger partial charge in [0.2, 0.25) is 0 Å². The third-order valence-corrected chi connectivity index (χ3v) is 4.85. The summed E-state index contributed by atoms with van der Waals surface area (Å²) in [4.78, 5) is 12.0. The Morgan fingerprint density at radius 3 is 2.57 bits per heavy atom. The fourth-order valence-electron chi connectivity index (χ4n) is 3.64. The largest absolute Gasteiger partial charge is 0.370 e. The third kappa shape index (κ3) is 3.14. The Morgan fingerprint density at radius 1 is 1.24 bits per heavy atom. The van der Waals surface area contributed by atoms with Crippen LogP contribution in [0, 0.1) is 11.8 Å². The molecule has 21 heavy (non-hydrogen) atoms. The number of aromatic nitrogens is 2. The van der Waals surface area contributed by atoms with E-state index in [1.165, 1.54) is 32.4 Å². The Morgan fingerprint density at radius 2 is 1.95 bits per heavy atom. The SMILES string of the molecule is CCCNc1cc(N2CC3CCCC3C2)nc(C(C)C)n1. The van der Waals surface area contributed by atoms with Crippen LogP contribution in [-0.4, -0.2) is 29.6 Å². The Hall–Kier alpha value is -1.32. The molecule has 0 radical (unpaired) electrons. The number of hydrogen-bond acceptors (Lipinski definition) is 4. The van der Waals surface area contributed by atoms with Gasteiger partial charge in [-0.05, 0) is 31.1 Å². The van der Waals surface area contributed by atoms with Gasteiger partial charge in [-0.15, -0.1) is 0 Å². The molecule has 1 aromatic heterocycles. The monoisotopic (exact) mass is 288 g/mol. The molecule has 0 spiro atoms. The van der Waals surface area contributed by atoms with Crippen molar-refractivity contribution in [2.75, 3.05) is 29.9 Å². The van der Waals surface area contributed by atoms with Crippen molar-refractivity contribution in [2.45, 2.75) is 52.4 Å².